The van der Waals surface area contributed by atoms with Crippen LogP contribution in [-0.2, 0) is 0 Å². The number of hydrazine groups is 1. The van der Waals surface area contributed by atoms with Gasteiger partial charge in [-0.05, 0) is 25.8 Å². The van der Waals surface area contributed by atoms with Gasteiger partial charge < -0.3 is 9.80 Å². The highest BCUT2D eigenvalue weighted by Gasteiger charge is 2.22. The predicted molar refractivity (Wildman–Crippen MR) is 62.4 cm³/mol. The van der Waals surface area contributed by atoms with E-state index in [4.69, 9.17) is 5.84 Å². The minimum absolute atomic E-state index is 0.798. The van der Waals surface area contributed by atoms with Crippen molar-refractivity contribution in [3.63, 3.8) is 0 Å². The Morgan fingerprint density at radius 1 is 1.13 bits per heavy atom. The van der Waals surface area contributed by atoms with Gasteiger partial charge in [0.25, 0.3) is 0 Å². The average molecular weight is 212 g/mol. The van der Waals surface area contributed by atoms with Gasteiger partial charge in [-0.1, -0.05) is 0 Å². The van der Waals surface area contributed by atoms with E-state index in [1.807, 2.05) is 5.01 Å². The Labute approximate surface area is 93.0 Å². The summed E-state index contributed by atoms with van der Waals surface area (Å²) in [5, 5.41) is 1.99. The van der Waals surface area contributed by atoms with Crippen LogP contribution in [0.2, 0.25) is 0 Å². The molecule has 0 aromatic carbocycles. The molecule has 0 amide bonds. The van der Waals surface area contributed by atoms with E-state index in [1.165, 1.54) is 45.6 Å². The summed E-state index contributed by atoms with van der Waals surface area (Å²) in [4.78, 5) is 5.01. The van der Waals surface area contributed by atoms with Gasteiger partial charge in [0, 0.05) is 45.8 Å². The zero-order valence-electron chi connectivity index (χ0n) is 9.86. The maximum Gasteiger partial charge on any atom is 0.0169 e. The van der Waals surface area contributed by atoms with E-state index < -0.39 is 0 Å². The van der Waals surface area contributed by atoms with E-state index >= 15 is 0 Å². The summed E-state index contributed by atoms with van der Waals surface area (Å²) in [7, 11) is 2.21. The lowest BCUT2D eigenvalue weighted by Crippen LogP contribution is -2.49. The summed E-state index contributed by atoms with van der Waals surface area (Å²) in [6.07, 6.45) is 2.63. The molecule has 2 rings (SSSR count). The van der Waals surface area contributed by atoms with Gasteiger partial charge in [0.2, 0.25) is 0 Å². The van der Waals surface area contributed by atoms with Crippen LogP contribution >= 0.6 is 0 Å². The summed E-state index contributed by atoms with van der Waals surface area (Å²) < 4.78 is 0. The van der Waals surface area contributed by atoms with Crippen LogP contribution in [0, 0.1) is 5.92 Å². The number of hydrogen-bond acceptors (Lipinski definition) is 4. The van der Waals surface area contributed by atoms with E-state index in [1.54, 1.807) is 0 Å². The average Bonchev–Trinajstić information content (AvgIpc) is 2.22. The van der Waals surface area contributed by atoms with Gasteiger partial charge in [-0.3, -0.25) is 5.84 Å². The first-order valence-corrected chi connectivity index (χ1v) is 6.14. The number of rotatable bonds is 2. The van der Waals surface area contributed by atoms with Crippen LogP contribution in [0.15, 0.2) is 0 Å². The third-order valence-corrected chi connectivity index (χ3v) is 3.66. The first-order valence-electron chi connectivity index (χ1n) is 6.14. The molecule has 2 aliphatic rings. The van der Waals surface area contributed by atoms with Gasteiger partial charge in [-0.25, -0.2) is 5.01 Å². The van der Waals surface area contributed by atoms with Crippen molar-refractivity contribution < 1.29 is 0 Å². The van der Waals surface area contributed by atoms with Crippen LogP contribution in [0.4, 0.5) is 0 Å². The molecule has 0 bridgehead atoms. The number of piperidine rings is 1. The minimum Gasteiger partial charge on any atom is -0.304 e. The van der Waals surface area contributed by atoms with Crippen LogP contribution in [0.3, 0.4) is 0 Å². The fourth-order valence-electron chi connectivity index (χ4n) is 2.64. The molecule has 4 nitrogen and oxygen atoms in total. The second-order valence-electron chi connectivity index (χ2n) is 5.11. The highest BCUT2D eigenvalue weighted by Crippen LogP contribution is 2.16. The molecule has 1 unspecified atom stereocenters. The molecule has 2 aliphatic heterocycles. The maximum absolute atomic E-state index is 5.86. The van der Waals surface area contributed by atoms with Crippen LogP contribution in [0.1, 0.15) is 12.8 Å². The molecule has 15 heavy (non-hydrogen) atoms. The molecule has 0 aromatic heterocycles. The van der Waals surface area contributed by atoms with Crippen LogP contribution in [-0.4, -0.2) is 67.7 Å². The fraction of sp³-hybridized carbons (Fsp3) is 1.00. The number of hydrogen-bond donors (Lipinski definition) is 1. The van der Waals surface area contributed by atoms with E-state index in [9.17, 15) is 0 Å². The second kappa shape index (κ2) is 5.25. The van der Waals surface area contributed by atoms with Crippen LogP contribution < -0.4 is 5.84 Å². The zero-order valence-corrected chi connectivity index (χ0v) is 9.86. The van der Waals surface area contributed by atoms with Crippen molar-refractivity contribution in [2.45, 2.75) is 12.8 Å². The first-order chi connectivity index (χ1) is 7.24. The molecule has 0 aliphatic carbocycles. The van der Waals surface area contributed by atoms with E-state index in [0.29, 0.717) is 0 Å². The van der Waals surface area contributed by atoms with Gasteiger partial charge in [0.05, 0.1) is 0 Å². The normalized spacial score (nSPS) is 32.0. The van der Waals surface area contributed by atoms with Crippen molar-refractivity contribution in [2.24, 2.45) is 11.8 Å². The molecule has 2 fully saturated rings. The van der Waals surface area contributed by atoms with Crippen molar-refractivity contribution >= 4 is 0 Å². The summed E-state index contributed by atoms with van der Waals surface area (Å²) in [5.74, 6) is 6.66. The maximum atomic E-state index is 5.86. The van der Waals surface area contributed by atoms with Gasteiger partial charge in [-0.2, -0.15) is 0 Å². The fourth-order valence-corrected chi connectivity index (χ4v) is 2.64. The zero-order chi connectivity index (χ0) is 10.7. The topological polar surface area (TPSA) is 35.7 Å². The summed E-state index contributed by atoms with van der Waals surface area (Å²) >= 11 is 0. The third kappa shape index (κ3) is 3.41. The van der Waals surface area contributed by atoms with Crippen LogP contribution in [0.5, 0.6) is 0 Å². The molecule has 0 saturated carbocycles. The smallest absolute Gasteiger partial charge is 0.0169 e. The number of nitrogens with zero attached hydrogens (tertiary/aromatic N) is 3. The molecule has 88 valence electrons. The Kier molecular flexibility index (Phi) is 3.97. The molecule has 0 spiro atoms. The number of piperazine rings is 1. The van der Waals surface area contributed by atoms with E-state index in [2.05, 4.69) is 16.8 Å². The Bertz CT molecular complexity index is 189. The minimum atomic E-state index is 0.798. The van der Waals surface area contributed by atoms with Gasteiger partial charge >= 0.3 is 0 Å². The SMILES string of the molecule is CN1CCN(CC2CCCN(N)C2)CC1. The van der Waals surface area contributed by atoms with Gasteiger partial charge in [-0.15, -0.1) is 0 Å². The Balaban J connectivity index is 1.71. The Morgan fingerprint density at radius 3 is 2.53 bits per heavy atom. The van der Waals surface area contributed by atoms with E-state index in [-0.39, 0.29) is 0 Å². The molecular formula is C11H24N4. The monoisotopic (exact) mass is 212 g/mol. The Hall–Kier alpha value is -0.160. The molecule has 2 saturated heterocycles. The van der Waals surface area contributed by atoms with Crippen molar-refractivity contribution in [1.29, 1.82) is 0 Å². The molecule has 0 radical (unpaired) electrons. The van der Waals surface area contributed by atoms with Crippen molar-refractivity contribution in [1.82, 2.24) is 14.8 Å². The van der Waals surface area contributed by atoms with E-state index in [0.717, 1.165) is 19.0 Å². The summed E-state index contributed by atoms with van der Waals surface area (Å²) in [6.45, 7) is 8.33. The predicted octanol–water partition coefficient (Wildman–Crippen LogP) is -0.180. The quantitative estimate of drug-likeness (QED) is 0.644. The number of nitrogens with two attached hydrogens (primary N) is 1. The van der Waals surface area contributed by atoms with Gasteiger partial charge in [0.1, 0.15) is 0 Å². The highest BCUT2D eigenvalue weighted by molar-refractivity contribution is 4.76. The third-order valence-electron chi connectivity index (χ3n) is 3.66. The number of likely N-dealkylation sites (N-methyl/N-ethyl adjacent to an activating group) is 1. The standard InChI is InChI=1S/C11H24N4/c1-13-5-7-14(8-6-13)9-11-3-2-4-15(12)10-11/h11H,2-10,12H2,1H3. The molecule has 2 N–H and O–H groups in total. The molecule has 1 atom stereocenters. The molecule has 4 heteroatoms. The highest BCUT2D eigenvalue weighted by atomic mass is 15.4. The lowest BCUT2D eigenvalue weighted by Gasteiger charge is -2.37. The lowest BCUT2D eigenvalue weighted by molar-refractivity contribution is 0.0996. The largest absolute Gasteiger partial charge is 0.304 e. The lowest BCUT2D eigenvalue weighted by atomic mass is 9.98. The summed E-state index contributed by atoms with van der Waals surface area (Å²) in [5.41, 5.74) is 0. The molecule has 2 heterocycles. The summed E-state index contributed by atoms with van der Waals surface area (Å²) in [6, 6.07) is 0. The second-order valence-corrected chi connectivity index (χ2v) is 5.11. The Morgan fingerprint density at radius 2 is 1.87 bits per heavy atom. The van der Waals surface area contributed by atoms with Crippen molar-refractivity contribution in [3.8, 4) is 0 Å². The van der Waals surface area contributed by atoms with Crippen LogP contribution in [0.25, 0.3) is 0 Å². The molecular weight excluding hydrogens is 188 g/mol. The van der Waals surface area contributed by atoms with Crippen molar-refractivity contribution in [3.05, 3.63) is 0 Å². The van der Waals surface area contributed by atoms with Gasteiger partial charge in [0.15, 0.2) is 0 Å². The molecule has 0 aromatic rings. The van der Waals surface area contributed by atoms with Crippen molar-refractivity contribution in [2.75, 3.05) is 52.9 Å². The first kappa shape index (κ1) is 11.3.